The van der Waals surface area contributed by atoms with Gasteiger partial charge >= 0.3 is 0 Å². The Bertz CT molecular complexity index is 411. The number of hydrogen-bond donors (Lipinski definition) is 1. The van der Waals surface area contributed by atoms with Crippen molar-refractivity contribution >= 4 is 0 Å². The summed E-state index contributed by atoms with van der Waals surface area (Å²) >= 11 is 0. The number of rotatable bonds is 3. The lowest BCUT2D eigenvalue weighted by Gasteiger charge is -2.40. The van der Waals surface area contributed by atoms with Gasteiger partial charge in [-0.2, -0.15) is 0 Å². The van der Waals surface area contributed by atoms with Crippen LogP contribution in [0.1, 0.15) is 24.1 Å². The van der Waals surface area contributed by atoms with Crippen LogP contribution in [0.25, 0.3) is 0 Å². The van der Waals surface area contributed by atoms with Crippen LogP contribution < -0.4 is 5.32 Å². The van der Waals surface area contributed by atoms with E-state index in [1.165, 1.54) is 24.1 Å². The number of aryl methyl sites for hydroxylation is 1. The fourth-order valence-corrected chi connectivity index (χ4v) is 2.88. The van der Waals surface area contributed by atoms with Gasteiger partial charge in [0.05, 0.1) is 5.69 Å². The highest BCUT2D eigenvalue weighted by molar-refractivity contribution is 5.18. The van der Waals surface area contributed by atoms with E-state index in [9.17, 15) is 0 Å². The second-order valence-electron chi connectivity index (χ2n) is 4.99. The SMILES string of the molecule is Cc1cccnc1CNC1CC2CC=CC21. The summed E-state index contributed by atoms with van der Waals surface area (Å²) < 4.78 is 0. The molecule has 0 aliphatic heterocycles. The largest absolute Gasteiger partial charge is 0.308 e. The minimum absolute atomic E-state index is 0.685. The molecule has 84 valence electrons. The molecule has 0 aromatic carbocycles. The highest BCUT2D eigenvalue weighted by Crippen LogP contribution is 2.42. The molecule has 3 rings (SSSR count). The van der Waals surface area contributed by atoms with Crippen LogP contribution in [-0.2, 0) is 6.54 Å². The van der Waals surface area contributed by atoms with Gasteiger partial charge in [-0.25, -0.2) is 0 Å². The van der Waals surface area contributed by atoms with Crippen LogP contribution >= 0.6 is 0 Å². The third-order valence-corrected chi connectivity index (χ3v) is 4.01. The minimum Gasteiger partial charge on any atom is -0.308 e. The van der Waals surface area contributed by atoms with Crippen molar-refractivity contribution in [2.45, 2.75) is 32.4 Å². The molecular formula is C14H18N2. The summed E-state index contributed by atoms with van der Waals surface area (Å²) in [6.07, 6.45) is 9.23. The zero-order valence-electron chi connectivity index (χ0n) is 9.69. The van der Waals surface area contributed by atoms with Gasteiger partial charge < -0.3 is 5.32 Å². The highest BCUT2D eigenvalue weighted by Gasteiger charge is 2.40. The summed E-state index contributed by atoms with van der Waals surface area (Å²) in [5, 5.41) is 3.63. The fourth-order valence-electron chi connectivity index (χ4n) is 2.88. The molecule has 16 heavy (non-hydrogen) atoms. The maximum absolute atomic E-state index is 4.41. The van der Waals surface area contributed by atoms with Gasteiger partial charge in [0.1, 0.15) is 0 Å². The molecule has 1 N–H and O–H groups in total. The summed E-state index contributed by atoms with van der Waals surface area (Å²) in [4.78, 5) is 4.41. The summed E-state index contributed by atoms with van der Waals surface area (Å²) in [7, 11) is 0. The minimum atomic E-state index is 0.685. The van der Waals surface area contributed by atoms with Crippen LogP contribution in [0.5, 0.6) is 0 Å². The van der Waals surface area contributed by atoms with Crippen molar-refractivity contribution in [2.75, 3.05) is 0 Å². The molecule has 1 fully saturated rings. The average Bonchev–Trinajstić information content (AvgIpc) is 2.63. The van der Waals surface area contributed by atoms with Crippen molar-refractivity contribution in [2.24, 2.45) is 11.8 Å². The zero-order valence-corrected chi connectivity index (χ0v) is 9.69. The topological polar surface area (TPSA) is 24.9 Å². The Hall–Kier alpha value is -1.15. The maximum atomic E-state index is 4.41. The molecule has 2 nitrogen and oxygen atoms in total. The van der Waals surface area contributed by atoms with Crippen LogP contribution in [-0.4, -0.2) is 11.0 Å². The van der Waals surface area contributed by atoms with E-state index in [2.05, 4.69) is 35.4 Å². The van der Waals surface area contributed by atoms with Gasteiger partial charge in [-0.15, -0.1) is 0 Å². The molecule has 0 saturated heterocycles. The smallest absolute Gasteiger partial charge is 0.0570 e. The van der Waals surface area contributed by atoms with Crippen molar-refractivity contribution in [3.63, 3.8) is 0 Å². The van der Waals surface area contributed by atoms with Crippen molar-refractivity contribution in [1.29, 1.82) is 0 Å². The van der Waals surface area contributed by atoms with Crippen molar-refractivity contribution in [1.82, 2.24) is 10.3 Å². The maximum Gasteiger partial charge on any atom is 0.0570 e. The van der Waals surface area contributed by atoms with E-state index in [1.54, 1.807) is 0 Å². The Morgan fingerprint density at radius 1 is 1.50 bits per heavy atom. The molecule has 1 saturated carbocycles. The summed E-state index contributed by atoms with van der Waals surface area (Å²) in [6.45, 7) is 3.04. The number of pyridine rings is 1. The van der Waals surface area contributed by atoms with Gasteiger partial charge in [-0.05, 0) is 43.2 Å². The van der Waals surface area contributed by atoms with Gasteiger partial charge in [-0.3, -0.25) is 4.98 Å². The monoisotopic (exact) mass is 214 g/mol. The Morgan fingerprint density at radius 3 is 3.25 bits per heavy atom. The standard InChI is InChI=1S/C14H18N2/c1-10-4-3-7-15-14(10)9-16-13-8-11-5-2-6-12(11)13/h2-4,6-7,11-13,16H,5,8-9H2,1H3. The number of fused-ring (bicyclic) bond motifs is 1. The highest BCUT2D eigenvalue weighted by atomic mass is 15.0. The summed E-state index contributed by atoms with van der Waals surface area (Å²) in [6, 6.07) is 4.81. The first-order valence-corrected chi connectivity index (χ1v) is 6.15. The molecule has 2 aliphatic rings. The fraction of sp³-hybridized carbons (Fsp3) is 0.500. The molecule has 1 aromatic heterocycles. The summed E-state index contributed by atoms with van der Waals surface area (Å²) in [5.41, 5.74) is 2.47. The third-order valence-electron chi connectivity index (χ3n) is 4.01. The average molecular weight is 214 g/mol. The van der Waals surface area contributed by atoms with Crippen LogP contribution in [0.15, 0.2) is 30.5 Å². The third kappa shape index (κ3) is 1.67. The number of hydrogen-bond acceptors (Lipinski definition) is 2. The predicted molar refractivity (Wildman–Crippen MR) is 65.0 cm³/mol. The molecule has 2 heteroatoms. The Balaban J connectivity index is 1.58. The molecule has 2 aliphatic carbocycles. The van der Waals surface area contributed by atoms with Gasteiger partial charge in [0.25, 0.3) is 0 Å². The van der Waals surface area contributed by atoms with Crippen molar-refractivity contribution in [3.05, 3.63) is 41.7 Å². The van der Waals surface area contributed by atoms with Gasteiger partial charge in [0.2, 0.25) is 0 Å². The molecule has 0 spiro atoms. The van der Waals surface area contributed by atoms with Crippen LogP contribution in [0.2, 0.25) is 0 Å². The lowest BCUT2D eigenvalue weighted by Crippen LogP contribution is -2.47. The molecule has 0 radical (unpaired) electrons. The quantitative estimate of drug-likeness (QED) is 0.782. The molecule has 1 heterocycles. The molecule has 0 bridgehead atoms. The lowest BCUT2D eigenvalue weighted by atomic mass is 9.71. The van der Waals surface area contributed by atoms with E-state index in [-0.39, 0.29) is 0 Å². The molecule has 3 atom stereocenters. The van der Waals surface area contributed by atoms with Gasteiger partial charge in [0, 0.05) is 18.8 Å². The Morgan fingerprint density at radius 2 is 2.44 bits per heavy atom. The van der Waals surface area contributed by atoms with Crippen LogP contribution in [0.4, 0.5) is 0 Å². The zero-order chi connectivity index (χ0) is 11.0. The first kappa shape index (κ1) is 10.0. The number of nitrogens with zero attached hydrogens (tertiary/aromatic N) is 1. The van der Waals surface area contributed by atoms with E-state index in [0.717, 1.165) is 18.4 Å². The summed E-state index contributed by atoms with van der Waals surface area (Å²) in [5.74, 6) is 1.73. The number of aromatic nitrogens is 1. The van der Waals surface area contributed by atoms with E-state index in [0.29, 0.717) is 6.04 Å². The molecule has 0 amide bonds. The molecule has 3 unspecified atom stereocenters. The lowest BCUT2D eigenvalue weighted by molar-refractivity contribution is 0.161. The van der Waals surface area contributed by atoms with E-state index in [1.807, 2.05) is 12.3 Å². The predicted octanol–water partition coefficient (Wildman–Crippen LogP) is 2.44. The van der Waals surface area contributed by atoms with Crippen molar-refractivity contribution in [3.8, 4) is 0 Å². The molecule has 1 aromatic rings. The second-order valence-corrected chi connectivity index (χ2v) is 4.99. The van der Waals surface area contributed by atoms with Crippen LogP contribution in [0, 0.1) is 18.8 Å². The Labute approximate surface area is 96.8 Å². The van der Waals surface area contributed by atoms with Gasteiger partial charge in [-0.1, -0.05) is 18.2 Å². The van der Waals surface area contributed by atoms with E-state index in [4.69, 9.17) is 0 Å². The van der Waals surface area contributed by atoms with Crippen LogP contribution in [0.3, 0.4) is 0 Å². The normalized spacial score (nSPS) is 31.2. The van der Waals surface area contributed by atoms with Gasteiger partial charge in [0.15, 0.2) is 0 Å². The number of nitrogens with one attached hydrogen (secondary N) is 1. The van der Waals surface area contributed by atoms with E-state index >= 15 is 0 Å². The van der Waals surface area contributed by atoms with E-state index < -0.39 is 0 Å². The first-order chi connectivity index (χ1) is 7.84. The first-order valence-electron chi connectivity index (χ1n) is 6.15. The van der Waals surface area contributed by atoms with Crippen molar-refractivity contribution < 1.29 is 0 Å². The molecular weight excluding hydrogens is 196 g/mol. The second kappa shape index (κ2) is 4.02. The Kier molecular flexibility index (Phi) is 2.52. The number of allylic oxidation sites excluding steroid dienone is 1.